The summed E-state index contributed by atoms with van der Waals surface area (Å²) in [6.07, 6.45) is 12.1. The molecule has 3 fully saturated rings. The van der Waals surface area contributed by atoms with Gasteiger partial charge in [-0.2, -0.15) is 0 Å². The summed E-state index contributed by atoms with van der Waals surface area (Å²) in [7, 11) is 1.80. The first-order chi connectivity index (χ1) is 15.9. The highest BCUT2D eigenvalue weighted by atomic mass is 16.7. The topological polar surface area (TPSA) is 35.5 Å². The minimum absolute atomic E-state index is 0.0462. The molecule has 9 atom stereocenters. The van der Waals surface area contributed by atoms with Crippen LogP contribution < -0.4 is 0 Å². The molecular weight excluding hydrogens is 420 g/mol. The number of allylic oxidation sites excluding steroid dienone is 2. The van der Waals surface area contributed by atoms with Crippen LogP contribution in [-0.4, -0.2) is 25.3 Å². The Morgan fingerprint density at radius 3 is 2.35 bits per heavy atom. The van der Waals surface area contributed by atoms with Crippen LogP contribution in [0.15, 0.2) is 11.1 Å². The van der Waals surface area contributed by atoms with Gasteiger partial charge in [-0.05, 0) is 91.8 Å². The Hall–Kier alpha value is -0.670. The molecule has 1 aliphatic heterocycles. The molecule has 0 radical (unpaired) electrons. The summed E-state index contributed by atoms with van der Waals surface area (Å²) in [5.74, 6) is 2.77. The monoisotopic (exact) mass is 470 g/mol. The molecule has 3 nitrogen and oxygen atoms in total. The Bertz CT molecular complexity index is 872. The molecule has 0 amide bonds. The third kappa shape index (κ3) is 3.24. The number of fused-ring (bicyclic) bond motifs is 4. The van der Waals surface area contributed by atoms with Gasteiger partial charge in [0.1, 0.15) is 5.78 Å². The van der Waals surface area contributed by atoms with Gasteiger partial charge in [-0.1, -0.05) is 59.6 Å². The largest absolute Gasteiger partial charge is 0.356 e. The van der Waals surface area contributed by atoms with Gasteiger partial charge in [0.2, 0.25) is 0 Å². The number of rotatable bonds is 3. The number of hydrogen-bond donors (Lipinski definition) is 0. The Morgan fingerprint density at radius 1 is 0.912 bits per heavy atom. The van der Waals surface area contributed by atoms with Crippen LogP contribution >= 0.6 is 0 Å². The normalized spacial score (nSPS) is 49.3. The molecule has 0 aromatic rings. The SMILES string of the molecule is COC1OC(C(C)C2CCC3(C)C4=C(CCC23C)C2(C)CCC(=O)C(C)(C)C2CC4)CCC1C. The van der Waals surface area contributed by atoms with Gasteiger partial charge in [-0.25, -0.2) is 0 Å². The van der Waals surface area contributed by atoms with Crippen molar-refractivity contribution in [2.24, 2.45) is 45.3 Å². The molecule has 0 bridgehead atoms. The van der Waals surface area contributed by atoms with Crippen molar-refractivity contribution < 1.29 is 14.3 Å². The van der Waals surface area contributed by atoms with Gasteiger partial charge in [0.15, 0.2) is 6.29 Å². The van der Waals surface area contributed by atoms with Gasteiger partial charge in [0.05, 0.1) is 6.10 Å². The summed E-state index contributed by atoms with van der Waals surface area (Å²) in [5.41, 5.74) is 4.26. The van der Waals surface area contributed by atoms with Gasteiger partial charge in [-0.15, -0.1) is 0 Å². The van der Waals surface area contributed by atoms with E-state index in [9.17, 15) is 4.79 Å². The molecule has 9 unspecified atom stereocenters. The lowest BCUT2D eigenvalue weighted by atomic mass is 9.43. The van der Waals surface area contributed by atoms with E-state index in [4.69, 9.17) is 9.47 Å². The van der Waals surface area contributed by atoms with Crippen LogP contribution in [0.3, 0.4) is 0 Å². The second-order valence-electron chi connectivity index (χ2n) is 14.2. The highest BCUT2D eigenvalue weighted by Crippen LogP contribution is 2.72. The predicted octanol–water partition coefficient (Wildman–Crippen LogP) is 7.73. The van der Waals surface area contributed by atoms with E-state index < -0.39 is 0 Å². The van der Waals surface area contributed by atoms with Crippen molar-refractivity contribution in [1.82, 2.24) is 0 Å². The smallest absolute Gasteiger partial charge is 0.160 e. The first kappa shape index (κ1) is 25.0. The lowest BCUT2D eigenvalue weighted by molar-refractivity contribution is -0.223. The molecule has 1 saturated heterocycles. The van der Waals surface area contributed by atoms with E-state index in [1.165, 1.54) is 51.4 Å². The van der Waals surface area contributed by atoms with Crippen LogP contribution in [0.25, 0.3) is 0 Å². The van der Waals surface area contributed by atoms with E-state index in [1.54, 1.807) is 12.7 Å². The van der Waals surface area contributed by atoms with Crippen molar-refractivity contribution >= 4 is 5.78 Å². The number of hydrogen-bond acceptors (Lipinski definition) is 3. The highest BCUT2D eigenvalue weighted by molar-refractivity contribution is 5.85. The van der Waals surface area contributed by atoms with Gasteiger partial charge in [0, 0.05) is 24.9 Å². The first-order valence-corrected chi connectivity index (χ1v) is 14.3. The van der Waals surface area contributed by atoms with Crippen molar-refractivity contribution in [3.63, 3.8) is 0 Å². The Labute approximate surface area is 208 Å². The van der Waals surface area contributed by atoms with Gasteiger partial charge >= 0.3 is 0 Å². The van der Waals surface area contributed by atoms with E-state index >= 15 is 0 Å². The molecule has 0 aromatic heterocycles. The average Bonchev–Trinajstić information content (AvgIpc) is 3.08. The molecule has 0 spiro atoms. The zero-order chi connectivity index (χ0) is 24.7. The maximum atomic E-state index is 12.9. The van der Waals surface area contributed by atoms with E-state index in [0.717, 1.165) is 12.8 Å². The quantitative estimate of drug-likeness (QED) is 0.396. The third-order valence-electron chi connectivity index (χ3n) is 12.7. The lowest BCUT2D eigenvalue weighted by Crippen LogP contribution is -2.54. The molecular formula is C31H50O3. The van der Waals surface area contributed by atoms with E-state index in [0.29, 0.717) is 46.4 Å². The third-order valence-corrected chi connectivity index (χ3v) is 12.7. The molecule has 0 aromatic carbocycles. The fraction of sp³-hybridized carbons (Fsp3) is 0.903. The average molecular weight is 471 g/mol. The summed E-state index contributed by atoms with van der Waals surface area (Å²) in [6, 6.07) is 0. The standard InChI is InChI=1S/C31H50O3/c1-19-9-11-24(34-27(19)33-8)20(2)21-13-17-31(7)23-10-12-25-28(3,4)26(32)15-16-29(25,5)22(23)14-18-30(21,31)6/h19-21,24-25,27H,9-18H2,1-8H3. The maximum absolute atomic E-state index is 12.9. The second kappa shape index (κ2) is 8.17. The molecule has 4 aliphatic carbocycles. The van der Waals surface area contributed by atoms with Crippen LogP contribution in [0.2, 0.25) is 0 Å². The lowest BCUT2D eigenvalue weighted by Gasteiger charge is -2.61. The van der Waals surface area contributed by atoms with Gasteiger partial charge < -0.3 is 9.47 Å². The number of ketones is 1. The van der Waals surface area contributed by atoms with E-state index in [-0.39, 0.29) is 17.1 Å². The molecule has 1 heterocycles. The summed E-state index contributed by atoms with van der Waals surface area (Å²) in [6.45, 7) is 17.0. The number of ether oxygens (including phenoxy) is 2. The first-order valence-electron chi connectivity index (χ1n) is 14.3. The zero-order valence-corrected chi connectivity index (χ0v) is 23.3. The minimum Gasteiger partial charge on any atom is -0.356 e. The number of Topliss-reactive ketones (excluding diaryl/α,β-unsaturated/α-hetero) is 1. The Kier molecular flexibility index (Phi) is 6.01. The van der Waals surface area contributed by atoms with Crippen LogP contribution in [0.5, 0.6) is 0 Å². The second-order valence-corrected chi connectivity index (χ2v) is 14.2. The predicted molar refractivity (Wildman–Crippen MR) is 137 cm³/mol. The molecule has 5 rings (SSSR count). The van der Waals surface area contributed by atoms with Gasteiger partial charge in [-0.3, -0.25) is 4.79 Å². The summed E-state index contributed by atoms with van der Waals surface area (Å²) in [5, 5.41) is 0. The fourth-order valence-electron chi connectivity index (χ4n) is 10.2. The molecule has 3 heteroatoms. The maximum Gasteiger partial charge on any atom is 0.160 e. The van der Waals surface area contributed by atoms with E-state index in [2.05, 4.69) is 48.5 Å². The van der Waals surface area contributed by atoms with Crippen molar-refractivity contribution in [1.29, 1.82) is 0 Å². The molecule has 5 aliphatic rings. The molecule has 0 N–H and O–H groups in total. The van der Waals surface area contributed by atoms with Crippen LogP contribution in [0, 0.1) is 45.3 Å². The molecule has 192 valence electrons. The highest BCUT2D eigenvalue weighted by Gasteiger charge is 2.63. The number of carbonyl (C=O) groups excluding carboxylic acids is 1. The van der Waals surface area contributed by atoms with Crippen molar-refractivity contribution in [3.8, 4) is 0 Å². The fourth-order valence-corrected chi connectivity index (χ4v) is 10.2. The molecule has 2 saturated carbocycles. The minimum atomic E-state index is -0.173. The molecule has 34 heavy (non-hydrogen) atoms. The van der Waals surface area contributed by atoms with Gasteiger partial charge in [0.25, 0.3) is 0 Å². The summed E-state index contributed by atoms with van der Waals surface area (Å²) in [4.78, 5) is 12.9. The zero-order valence-electron chi connectivity index (χ0n) is 23.3. The van der Waals surface area contributed by atoms with E-state index in [1.807, 2.05) is 5.57 Å². The van der Waals surface area contributed by atoms with Crippen LogP contribution in [0.4, 0.5) is 0 Å². The Morgan fingerprint density at radius 2 is 1.65 bits per heavy atom. The number of carbonyl (C=O) groups is 1. The van der Waals surface area contributed by atoms with Crippen molar-refractivity contribution in [2.45, 2.75) is 125 Å². The summed E-state index contributed by atoms with van der Waals surface area (Å²) >= 11 is 0. The van der Waals surface area contributed by atoms with Crippen LogP contribution in [-0.2, 0) is 14.3 Å². The number of methoxy groups -OCH3 is 1. The van der Waals surface area contributed by atoms with Crippen molar-refractivity contribution in [3.05, 3.63) is 11.1 Å². The van der Waals surface area contributed by atoms with Crippen LogP contribution in [0.1, 0.15) is 113 Å². The van der Waals surface area contributed by atoms with Crippen molar-refractivity contribution in [2.75, 3.05) is 7.11 Å². The summed E-state index contributed by atoms with van der Waals surface area (Å²) < 4.78 is 12.2. The Balaban J connectivity index is 1.45.